The molecule has 5 heteroatoms. The van der Waals surface area contributed by atoms with Gasteiger partial charge >= 0.3 is 0 Å². The van der Waals surface area contributed by atoms with E-state index in [0.29, 0.717) is 18.7 Å². The lowest BCUT2D eigenvalue weighted by Gasteiger charge is -2.23. The van der Waals surface area contributed by atoms with E-state index in [0.717, 1.165) is 25.0 Å². The van der Waals surface area contributed by atoms with E-state index in [1.807, 2.05) is 31.2 Å². The number of hydrogen-bond acceptors (Lipinski definition) is 3. The van der Waals surface area contributed by atoms with Crippen molar-refractivity contribution in [2.45, 2.75) is 31.8 Å². The van der Waals surface area contributed by atoms with Crippen molar-refractivity contribution in [2.24, 2.45) is 0 Å². The van der Waals surface area contributed by atoms with Crippen LogP contribution in [0.5, 0.6) is 0 Å². The summed E-state index contributed by atoms with van der Waals surface area (Å²) in [5.74, 6) is 0.0245. The standard InChI is InChI=1S/C14H20N2O2.ClH/c1-14(7-2-8-18-14)10-16-13(17)9-11-3-5-12(15)6-4-11;/h3-6H,2,7-10,15H2,1H3,(H,16,17);1H. The molecule has 1 aromatic rings. The summed E-state index contributed by atoms with van der Waals surface area (Å²) in [7, 11) is 0. The Morgan fingerprint density at radius 1 is 1.42 bits per heavy atom. The van der Waals surface area contributed by atoms with Crippen molar-refractivity contribution < 1.29 is 9.53 Å². The molecule has 3 N–H and O–H groups in total. The monoisotopic (exact) mass is 284 g/mol. The van der Waals surface area contributed by atoms with Crippen molar-refractivity contribution in [3.8, 4) is 0 Å². The molecule has 0 aliphatic carbocycles. The number of benzene rings is 1. The summed E-state index contributed by atoms with van der Waals surface area (Å²) in [5, 5.41) is 2.93. The molecular formula is C14H21ClN2O2. The highest BCUT2D eigenvalue weighted by Crippen LogP contribution is 2.23. The number of nitrogens with two attached hydrogens (primary N) is 1. The van der Waals surface area contributed by atoms with Crippen LogP contribution in [0.2, 0.25) is 0 Å². The SMILES string of the molecule is CC1(CNC(=O)Cc2ccc(N)cc2)CCCO1.Cl. The molecule has 0 aromatic heterocycles. The average Bonchev–Trinajstić information content (AvgIpc) is 2.78. The summed E-state index contributed by atoms with van der Waals surface area (Å²) in [4.78, 5) is 11.8. The van der Waals surface area contributed by atoms with Gasteiger partial charge < -0.3 is 15.8 Å². The van der Waals surface area contributed by atoms with Gasteiger partial charge in [0.25, 0.3) is 0 Å². The van der Waals surface area contributed by atoms with Crippen LogP contribution in [-0.2, 0) is 16.0 Å². The smallest absolute Gasteiger partial charge is 0.224 e. The van der Waals surface area contributed by atoms with E-state index in [1.54, 1.807) is 0 Å². The van der Waals surface area contributed by atoms with Crippen molar-refractivity contribution >= 4 is 24.0 Å². The van der Waals surface area contributed by atoms with Gasteiger partial charge in [-0.2, -0.15) is 0 Å². The van der Waals surface area contributed by atoms with Gasteiger partial charge in [0.1, 0.15) is 0 Å². The van der Waals surface area contributed by atoms with Gasteiger partial charge in [0.05, 0.1) is 12.0 Å². The number of nitrogen functional groups attached to an aromatic ring is 1. The quantitative estimate of drug-likeness (QED) is 0.830. The van der Waals surface area contributed by atoms with Crippen molar-refractivity contribution in [1.82, 2.24) is 5.32 Å². The Morgan fingerprint density at radius 2 is 2.11 bits per heavy atom. The van der Waals surface area contributed by atoms with Gasteiger partial charge in [-0.25, -0.2) is 0 Å². The number of nitrogens with one attached hydrogen (secondary N) is 1. The molecule has 0 saturated carbocycles. The summed E-state index contributed by atoms with van der Waals surface area (Å²) < 4.78 is 5.63. The lowest BCUT2D eigenvalue weighted by Crippen LogP contribution is -2.40. The van der Waals surface area contributed by atoms with Crippen LogP contribution in [0.15, 0.2) is 24.3 Å². The molecule has 106 valence electrons. The number of carbonyl (C=O) groups excluding carboxylic acids is 1. The molecule has 0 radical (unpaired) electrons. The maximum absolute atomic E-state index is 11.8. The number of rotatable bonds is 4. The van der Waals surface area contributed by atoms with Crippen molar-refractivity contribution in [3.63, 3.8) is 0 Å². The van der Waals surface area contributed by atoms with E-state index in [2.05, 4.69) is 5.32 Å². The first-order chi connectivity index (χ1) is 8.57. The maximum atomic E-state index is 11.8. The second-order valence-corrected chi connectivity index (χ2v) is 5.10. The molecule has 1 heterocycles. The number of amides is 1. The molecule has 2 rings (SSSR count). The van der Waals surface area contributed by atoms with E-state index < -0.39 is 0 Å². The zero-order chi connectivity index (χ0) is 13.0. The highest BCUT2D eigenvalue weighted by atomic mass is 35.5. The minimum Gasteiger partial charge on any atom is -0.399 e. The Labute approximate surface area is 120 Å². The largest absolute Gasteiger partial charge is 0.399 e. The molecule has 0 bridgehead atoms. The van der Waals surface area contributed by atoms with Crippen LogP contribution in [0.3, 0.4) is 0 Å². The third-order valence-corrected chi connectivity index (χ3v) is 3.30. The minimum atomic E-state index is -0.184. The lowest BCUT2D eigenvalue weighted by molar-refractivity contribution is -0.121. The van der Waals surface area contributed by atoms with E-state index in [-0.39, 0.29) is 23.9 Å². The molecule has 1 aliphatic heterocycles. The summed E-state index contributed by atoms with van der Waals surface area (Å²) in [6.45, 7) is 3.43. The van der Waals surface area contributed by atoms with Crippen LogP contribution < -0.4 is 11.1 Å². The van der Waals surface area contributed by atoms with E-state index in [1.165, 1.54) is 0 Å². The van der Waals surface area contributed by atoms with E-state index in [4.69, 9.17) is 10.5 Å². The van der Waals surface area contributed by atoms with Gasteiger partial charge in [0.2, 0.25) is 5.91 Å². The minimum absolute atomic E-state index is 0. The van der Waals surface area contributed by atoms with Crippen LogP contribution in [0.1, 0.15) is 25.3 Å². The Morgan fingerprint density at radius 3 is 2.68 bits per heavy atom. The van der Waals surface area contributed by atoms with E-state index >= 15 is 0 Å². The molecule has 19 heavy (non-hydrogen) atoms. The summed E-state index contributed by atoms with van der Waals surface area (Å²) in [6, 6.07) is 7.37. The number of anilines is 1. The number of hydrogen-bond donors (Lipinski definition) is 2. The Hall–Kier alpha value is -1.26. The molecule has 0 spiro atoms. The zero-order valence-corrected chi connectivity index (χ0v) is 12.0. The third kappa shape index (κ3) is 4.73. The topological polar surface area (TPSA) is 64.4 Å². The Bertz CT molecular complexity index is 414. The molecule has 1 unspecified atom stereocenters. The summed E-state index contributed by atoms with van der Waals surface area (Å²) >= 11 is 0. The van der Waals surface area contributed by atoms with Gasteiger partial charge in [-0.05, 0) is 37.5 Å². The second-order valence-electron chi connectivity index (χ2n) is 5.10. The van der Waals surface area contributed by atoms with Gasteiger partial charge in [0.15, 0.2) is 0 Å². The number of ether oxygens (including phenoxy) is 1. The predicted molar refractivity (Wildman–Crippen MR) is 78.4 cm³/mol. The highest BCUT2D eigenvalue weighted by Gasteiger charge is 2.29. The van der Waals surface area contributed by atoms with Crippen molar-refractivity contribution in [1.29, 1.82) is 0 Å². The van der Waals surface area contributed by atoms with Crippen LogP contribution in [0.25, 0.3) is 0 Å². The number of carbonyl (C=O) groups is 1. The first-order valence-electron chi connectivity index (χ1n) is 6.32. The maximum Gasteiger partial charge on any atom is 0.224 e. The molecule has 1 saturated heterocycles. The van der Waals surface area contributed by atoms with Gasteiger partial charge in [-0.15, -0.1) is 12.4 Å². The van der Waals surface area contributed by atoms with Gasteiger partial charge in [0, 0.05) is 18.8 Å². The number of halogens is 1. The summed E-state index contributed by atoms with van der Waals surface area (Å²) in [6.07, 6.45) is 2.47. The van der Waals surface area contributed by atoms with Crippen LogP contribution >= 0.6 is 12.4 Å². The molecule has 1 fully saturated rings. The first kappa shape index (κ1) is 15.8. The fourth-order valence-corrected chi connectivity index (χ4v) is 2.15. The first-order valence-corrected chi connectivity index (χ1v) is 6.32. The van der Waals surface area contributed by atoms with Gasteiger partial charge in [-0.1, -0.05) is 12.1 Å². The second kappa shape index (κ2) is 6.78. The Kier molecular flexibility index (Phi) is 5.63. The lowest BCUT2D eigenvalue weighted by atomic mass is 10.0. The van der Waals surface area contributed by atoms with Crippen molar-refractivity contribution in [3.05, 3.63) is 29.8 Å². The molecule has 1 amide bonds. The molecule has 1 aliphatic rings. The fraction of sp³-hybridized carbons (Fsp3) is 0.500. The fourth-order valence-electron chi connectivity index (χ4n) is 2.15. The van der Waals surface area contributed by atoms with Crippen LogP contribution in [-0.4, -0.2) is 24.7 Å². The van der Waals surface area contributed by atoms with Crippen LogP contribution in [0, 0.1) is 0 Å². The van der Waals surface area contributed by atoms with Gasteiger partial charge in [-0.3, -0.25) is 4.79 Å². The van der Waals surface area contributed by atoms with Crippen LogP contribution in [0.4, 0.5) is 5.69 Å². The molecule has 4 nitrogen and oxygen atoms in total. The summed E-state index contributed by atoms with van der Waals surface area (Å²) in [5.41, 5.74) is 7.10. The predicted octanol–water partition coefficient (Wildman–Crippen LogP) is 1.92. The average molecular weight is 285 g/mol. The highest BCUT2D eigenvalue weighted by molar-refractivity contribution is 5.85. The molecule has 1 atom stereocenters. The van der Waals surface area contributed by atoms with E-state index in [9.17, 15) is 4.79 Å². The zero-order valence-electron chi connectivity index (χ0n) is 11.1. The Balaban J connectivity index is 0.00000180. The van der Waals surface area contributed by atoms with Crippen molar-refractivity contribution in [2.75, 3.05) is 18.9 Å². The molecule has 1 aromatic carbocycles. The normalized spacial score (nSPS) is 21.7. The molecular weight excluding hydrogens is 264 g/mol. The third-order valence-electron chi connectivity index (χ3n) is 3.30.